The third-order valence-corrected chi connectivity index (χ3v) is 3.23. The lowest BCUT2D eigenvalue weighted by molar-refractivity contribution is 0.350. The Morgan fingerprint density at radius 2 is 1.83 bits per heavy atom. The number of hydrogen-bond acceptors (Lipinski definition) is 3. The minimum atomic E-state index is 0.346. The van der Waals surface area contributed by atoms with E-state index in [1.807, 2.05) is 6.07 Å². The monoisotopic (exact) mass is 271 g/mol. The molecule has 0 aliphatic heterocycles. The van der Waals surface area contributed by atoms with E-state index < -0.39 is 0 Å². The van der Waals surface area contributed by atoms with Crippen molar-refractivity contribution in [2.24, 2.45) is 5.73 Å². The van der Waals surface area contributed by atoms with Crippen molar-refractivity contribution in [2.75, 3.05) is 20.8 Å². The van der Waals surface area contributed by atoms with E-state index in [0.717, 1.165) is 24.2 Å². The van der Waals surface area contributed by atoms with Crippen molar-refractivity contribution in [3.05, 3.63) is 22.2 Å². The zero-order chi connectivity index (χ0) is 13.7. The average Bonchev–Trinajstić information content (AvgIpc) is 2.34. The van der Waals surface area contributed by atoms with Gasteiger partial charge < -0.3 is 15.2 Å². The number of methoxy groups -OCH3 is 2. The number of aryl methyl sites for hydroxylation is 1. The van der Waals surface area contributed by atoms with Gasteiger partial charge in [-0.15, -0.1) is 0 Å². The van der Waals surface area contributed by atoms with Crippen LogP contribution in [0.15, 0.2) is 6.07 Å². The van der Waals surface area contributed by atoms with Crippen LogP contribution in [0, 0.1) is 0 Å². The molecule has 0 amide bonds. The molecule has 2 N–H and O–H groups in total. The van der Waals surface area contributed by atoms with Crippen LogP contribution in [0.1, 0.15) is 37.3 Å². The first-order valence-electron chi connectivity index (χ1n) is 6.20. The Morgan fingerprint density at radius 3 is 2.28 bits per heavy atom. The Labute approximate surface area is 114 Å². The fourth-order valence-corrected chi connectivity index (χ4v) is 2.49. The van der Waals surface area contributed by atoms with Crippen LogP contribution in [0.25, 0.3) is 0 Å². The molecule has 0 aromatic heterocycles. The maximum atomic E-state index is 6.23. The molecule has 0 bridgehead atoms. The minimum Gasteiger partial charge on any atom is -0.492 e. The molecule has 0 spiro atoms. The summed E-state index contributed by atoms with van der Waals surface area (Å²) in [6, 6.07) is 1.97. The van der Waals surface area contributed by atoms with Gasteiger partial charge in [-0.3, -0.25) is 0 Å². The van der Waals surface area contributed by atoms with Crippen molar-refractivity contribution >= 4 is 11.6 Å². The van der Waals surface area contributed by atoms with Crippen LogP contribution in [-0.4, -0.2) is 20.8 Å². The summed E-state index contributed by atoms with van der Waals surface area (Å²) in [6.07, 6.45) is 1.84. The van der Waals surface area contributed by atoms with E-state index in [0.29, 0.717) is 23.2 Å². The normalized spacial score (nSPS) is 10.8. The Morgan fingerprint density at radius 1 is 1.22 bits per heavy atom. The lowest BCUT2D eigenvalue weighted by Crippen LogP contribution is -2.06. The maximum Gasteiger partial charge on any atom is 0.179 e. The van der Waals surface area contributed by atoms with Gasteiger partial charge in [-0.25, -0.2) is 0 Å². The van der Waals surface area contributed by atoms with Gasteiger partial charge in [-0.1, -0.05) is 25.4 Å². The van der Waals surface area contributed by atoms with Crippen molar-refractivity contribution in [2.45, 2.75) is 32.6 Å². The maximum absolute atomic E-state index is 6.23. The zero-order valence-electron chi connectivity index (χ0n) is 11.5. The molecule has 0 atom stereocenters. The second kappa shape index (κ2) is 6.86. The van der Waals surface area contributed by atoms with E-state index in [1.165, 1.54) is 5.56 Å². The summed E-state index contributed by atoms with van der Waals surface area (Å²) in [5.41, 5.74) is 7.93. The van der Waals surface area contributed by atoms with Crippen molar-refractivity contribution in [3.63, 3.8) is 0 Å². The van der Waals surface area contributed by atoms with E-state index in [-0.39, 0.29) is 0 Å². The number of hydrogen-bond donors (Lipinski definition) is 1. The van der Waals surface area contributed by atoms with Gasteiger partial charge in [-0.05, 0) is 36.9 Å². The molecule has 0 fully saturated rings. The summed E-state index contributed by atoms with van der Waals surface area (Å²) in [4.78, 5) is 0. The Bertz CT molecular complexity index is 405. The summed E-state index contributed by atoms with van der Waals surface area (Å²) in [5, 5.41) is 0.589. The standard InChI is InChI=1S/C14H22ClNO2/c1-9(2)12-10(6-5-7-16)8-11(15)13(17-3)14(12)18-4/h8-9H,5-7,16H2,1-4H3. The lowest BCUT2D eigenvalue weighted by Gasteiger charge is -2.20. The first kappa shape index (κ1) is 15.1. The average molecular weight is 272 g/mol. The van der Waals surface area contributed by atoms with Crippen molar-refractivity contribution in [3.8, 4) is 11.5 Å². The van der Waals surface area contributed by atoms with Crippen molar-refractivity contribution in [1.82, 2.24) is 0 Å². The van der Waals surface area contributed by atoms with E-state index >= 15 is 0 Å². The summed E-state index contributed by atoms with van der Waals surface area (Å²) in [6.45, 7) is 4.94. The molecular weight excluding hydrogens is 250 g/mol. The number of rotatable bonds is 6. The quantitative estimate of drug-likeness (QED) is 0.863. The van der Waals surface area contributed by atoms with Crippen LogP contribution >= 0.6 is 11.6 Å². The first-order valence-corrected chi connectivity index (χ1v) is 6.57. The molecule has 4 heteroatoms. The van der Waals surface area contributed by atoms with E-state index in [9.17, 15) is 0 Å². The second-order valence-corrected chi connectivity index (χ2v) is 4.95. The fourth-order valence-electron chi connectivity index (χ4n) is 2.20. The Balaban J connectivity index is 3.37. The zero-order valence-corrected chi connectivity index (χ0v) is 12.3. The molecule has 1 aromatic rings. The number of halogens is 1. The third-order valence-electron chi connectivity index (χ3n) is 2.95. The summed E-state index contributed by atoms with van der Waals surface area (Å²) < 4.78 is 10.8. The molecule has 0 radical (unpaired) electrons. The highest BCUT2D eigenvalue weighted by Crippen LogP contribution is 2.43. The molecule has 0 unspecified atom stereocenters. The van der Waals surface area contributed by atoms with Gasteiger partial charge in [0.25, 0.3) is 0 Å². The highest BCUT2D eigenvalue weighted by Gasteiger charge is 2.20. The van der Waals surface area contributed by atoms with Gasteiger partial charge in [0.2, 0.25) is 0 Å². The van der Waals surface area contributed by atoms with Crippen molar-refractivity contribution < 1.29 is 9.47 Å². The first-order chi connectivity index (χ1) is 8.56. The van der Waals surface area contributed by atoms with Crippen molar-refractivity contribution in [1.29, 1.82) is 0 Å². The topological polar surface area (TPSA) is 44.5 Å². The van der Waals surface area contributed by atoms with E-state index in [1.54, 1.807) is 14.2 Å². The number of nitrogens with two attached hydrogens (primary N) is 1. The molecule has 0 saturated carbocycles. The largest absolute Gasteiger partial charge is 0.492 e. The Hall–Kier alpha value is -0.930. The van der Waals surface area contributed by atoms with Gasteiger partial charge >= 0.3 is 0 Å². The molecule has 18 heavy (non-hydrogen) atoms. The van der Waals surface area contributed by atoms with Crippen LogP contribution in [0.3, 0.4) is 0 Å². The van der Waals surface area contributed by atoms with Gasteiger partial charge in [0.1, 0.15) is 0 Å². The summed E-state index contributed by atoms with van der Waals surface area (Å²) in [7, 11) is 3.25. The predicted molar refractivity (Wildman–Crippen MR) is 76.0 cm³/mol. The molecule has 0 aliphatic rings. The van der Waals surface area contributed by atoms with E-state index in [4.69, 9.17) is 26.8 Å². The highest BCUT2D eigenvalue weighted by atomic mass is 35.5. The molecule has 0 heterocycles. The molecule has 1 aromatic carbocycles. The van der Waals surface area contributed by atoms with E-state index in [2.05, 4.69) is 13.8 Å². The van der Waals surface area contributed by atoms with Crippen LogP contribution in [0.5, 0.6) is 11.5 Å². The van der Waals surface area contributed by atoms with Crippen LogP contribution < -0.4 is 15.2 Å². The molecule has 102 valence electrons. The smallest absolute Gasteiger partial charge is 0.179 e. The Kier molecular flexibility index (Phi) is 5.76. The van der Waals surface area contributed by atoms with Crippen LogP contribution in [0.2, 0.25) is 5.02 Å². The van der Waals surface area contributed by atoms with Gasteiger partial charge in [0.15, 0.2) is 11.5 Å². The number of ether oxygens (including phenoxy) is 2. The SMILES string of the molecule is COc1c(Cl)cc(CCCN)c(C(C)C)c1OC. The van der Waals surface area contributed by atoms with Gasteiger partial charge in [0.05, 0.1) is 19.2 Å². The summed E-state index contributed by atoms with van der Waals surface area (Å²) >= 11 is 6.23. The highest BCUT2D eigenvalue weighted by molar-refractivity contribution is 6.32. The minimum absolute atomic E-state index is 0.346. The molecule has 0 aliphatic carbocycles. The second-order valence-electron chi connectivity index (χ2n) is 4.54. The predicted octanol–water partition coefficient (Wildman–Crippen LogP) is 3.37. The van der Waals surface area contributed by atoms with Gasteiger partial charge in [-0.2, -0.15) is 0 Å². The molecule has 3 nitrogen and oxygen atoms in total. The number of benzene rings is 1. The third kappa shape index (κ3) is 3.09. The summed E-state index contributed by atoms with van der Waals surface area (Å²) in [5.74, 6) is 1.70. The molecule has 0 saturated heterocycles. The fraction of sp³-hybridized carbons (Fsp3) is 0.571. The molecular formula is C14H22ClNO2. The molecule has 1 rings (SSSR count). The van der Waals surface area contributed by atoms with Crippen LogP contribution in [0.4, 0.5) is 0 Å². The van der Waals surface area contributed by atoms with Gasteiger partial charge in [0, 0.05) is 5.56 Å². The van der Waals surface area contributed by atoms with Crippen LogP contribution in [-0.2, 0) is 6.42 Å². The lowest BCUT2D eigenvalue weighted by atomic mass is 9.93.